The fourth-order valence-electron chi connectivity index (χ4n) is 0.866. The van der Waals surface area contributed by atoms with E-state index in [1.54, 1.807) is 6.20 Å². The van der Waals surface area contributed by atoms with Crippen LogP contribution in [0.2, 0.25) is 0 Å². The third-order valence-electron chi connectivity index (χ3n) is 1.32. The second-order valence-electron chi connectivity index (χ2n) is 1.99. The fourth-order valence-corrected chi connectivity index (χ4v) is 0.866. The minimum absolute atomic E-state index is 0.638. The van der Waals surface area contributed by atoms with Gasteiger partial charge in [0.2, 0.25) is 0 Å². The summed E-state index contributed by atoms with van der Waals surface area (Å²) >= 11 is 0. The van der Waals surface area contributed by atoms with E-state index in [9.17, 15) is 0 Å². The first kappa shape index (κ1) is 5.41. The monoisotopic (exact) mass is 134 g/mol. The molecule has 0 saturated carbocycles. The van der Waals surface area contributed by atoms with Crippen LogP contribution in [0.25, 0.3) is 6.08 Å². The topological polar surface area (TPSA) is 35.0 Å². The molecule has 0 saturated heterocycles. The standard InChI is InChI=1S/C7H6N2O/c1-2-6-7(10-5-1)3-4-8-9-6/h1-4H,5H2. The number of hydrogen-bond donors (Lipinski definition) is 0. The Balaban J connectivity index is 2.54. The quantitative estimate of drug-likeness (QED) is 0.528. The van der Waals surface area contributed by atoms with Crippen LogP contribution in [0, 0.1) is 0 Å². The first-order valence-corrected chi connectivity index (χ1v) is 3.08. The molecule has 1 aliphatic rings. The largest absolute Gasteiger partial charge is 0.487 e. The molecule has 1 aliphatic heterocycles. The van der Waals surface area contributed by atoms with Gasteiger partial charge < -0.3 is 4.74 Å². The maximum atomic E-state index is 5.23. The molecule has 0 spiro atoms. The highest BCUT2D eigenvalue weighted by atomic mass is 16.5. The molecule has 1 aromatic rings. The first-order chi connectivity index (χ1) is 4.97. The van der Waals surface area contributed by atoms with Crippen LogP contribution < -0.4 is 4.74 Å². The average Bonchev–Trinajstić information content (AvgIpc) is 2.05. The number of hydrogen-bond acceptors (Lipinski definition) is 3. The van der Waals surface area contributed by atoms with E-state index >= 15 is 0 Å². The summed E-state index contributed by atoms with van der Waals surface area (Å²) in [5, 5.41) is 7.57. The van der Waals surface area contributed by atoms with Gasteiger partial charge >= 0.3 is 0 Å². The molecule has 10 heavy (non-hydrogen) atoms. The van der Waals surface area contributed by atoms with Gasteiger partial charge in [0.25, 0.3) is 0 Å². The van der Waals surface area contributed by atoms with E-state index in [1.807, 2.05) is 18.2 Å². The van der Waals surface area contributed by atoms with Crippen LogP contribution in [0.4, 0.5) is 0 Å². The van der Waals surface area contributed by atoms with Crippen molar-refractivity contribution in [1.82, 2.24) is 10.2 Å². The summed E-state index contributed by atoms with van der Waals surface area (Å²) in [4.78, 5) is 0. The Morgan fingerprint density at radius 2 is 2.50 bits per heavy atom. The van der Waals surface area contributed by atoms with Gasteiger partial charge in [-0.2, -0.15) is 5.10 Å². The smallest absolute Gasteiger partial charge is 0.148 e. The summed E-state index contributed by atoms with van der Waals surface area (Å²) in [5.41, 5.74) is 0.814. The summed E-state index contributed by atoms with van der Waals surface area (Å²) < 4.78 is 5.23. The maximum Gasteiger partial charge on any atom is 0.148 e. The van der Waals surface area contributed by atoms with E-state index in [0.717, 1.165) is 11.4 Å². The van der Waals surface area contributed by atoms with E-state index in [1.165, 1.54) is 0 Å². The predicted octanol–water partition coefficient (Wildman–Crippen LogP) is 0.882. The highest BCUT2D eigenvalue weighted by molar-refractivity contribution is 5.53. The predicted molar refractivity (Wildman–Crippen MR) is 36.6 cm³/mol. The van der Waals surface area contributed by atoms with Gasteiger partial charge in [-0.1, -0.05) is 0 Å². The zero-order chi connectivity index (χ0) is 6.81. The van der Waals surface area contributed by atoms with Crippen LogP contribution in [0.1, 0.15) is 5.69 Å². The van der Waals surface area contributed by atoms with Crippen LogP contribution in [0.15, 0.2) is 18.3 Å². The minimum atomic E-state index is 0.638. The summed E-state index contributed by atoms with van der Waals surface area (Å²) in [6, 6.07) is 1.81. The molecule has 0 aliphatic carbocycles. The van der Waals surface area contributed by atoms with Crippen molar-refractivity contribution < 1.29 is 4.74 Å². The number of rotatable bonds is 0. The van der Waals surface area contributed by atoms with Crippen LogP contribution in [0.5, 0.6) is 5.75 Å². The van der Waals surface area contributed by atoms with E-state index in [-0.39, 0.29) is 0 Å². The molecule has 1 aromatic heterocycles. The third kappa shape index (κ3) is 0.757. The van der Waals surface area contributed by atoms with Gasteiger partial charge in [-0.25, -0.2) is 0 Å². The second kappa shape index (κ2) is 2.10. The highest BCUT2D eigenvalue weighted by Crippen LogP contribution is 2.18. The Kier molecular flexibility index (Phi) is 1.13. The van der Waals surface area contributed by atoms with Crippen LogP contribution in [-0.4, -0.2) is 16.8 Å². The van der Waals surface area contributed by atoms with Gasteiger partial charge in [-0.15, -0.1) is 5.10 Å². The fraction of sp³-hybridized carbons (Fsp3) is 0.143. The lowest BCUT2D eigenvalue weighted by Crippen LogP contribution is -2.01. The summed E-state index contributed by atoms with van der Waals surface area (Å²) in [6.45, 7) is 0.638. The Morgan fingerprint density at radius 1 is 1.50 bits per heavy atom. The number of fused-ring (bicyclic) bond motifs is 1. The molecule has 2 rings (SSSR count). The SMILES string of the molecule is C1=Cc2nnccc2OC1. The highest BCUT2D eigenvalue weighted by Gasteiger charge is 2.03. The lowest BCUT2D eigenvalue weighted by molar-refractivity contribution is 0.355. The van der Waals surface area contributed by atoms with Crippen molar-refractivity contribution >= 4 is 6.08 Å². The molecule has 3 nitrogen and oxygen atoms in total. The van der Waals surface area contributed by atoms with Gasteiger partial charge in [-0.05, 0) is 12.2 Å². The van der Waals surface area contributed by atoms with Gasteiger partial charge in [0.15, 0.2) is 0 Å². The number of aromatic nitrogens is 2. The zero-order valence-corrected chi connectivity index (χ0v) is 5.32. The van der Waals surface area contributed by atoms with Crippen LogP contribution >= 0.6 is 0 Å². The van der Waals surface area contributed by atoms with Gasteiger partial charge in [-0.3, -0.25) is 0 Å². The van der Waals surface area contributed by atoms with Crippen LogP contribution in [-0.2, 0) is 0 Å². The third-order valence-corrected chi connectivity index (χ3v) is 1.32. The van der Waals surface area contributed by atoms with Gasteiger partial charge in [0, 0.05) is 6.07 Å². The molecule has 0 amide bonds. The molecule has 0 N–H and O–H groups in total. The average molecular weight is 134 g/mol. The normalized spacial score (nSPS) is 14.0. The maximum absolute atomic E-state index is 5.23. The van der Waals surface area contributed by atoms with Gasteiger partial charge in [0.05, 0.1) is 6.20 Å². The van der Waals surface area contributed by atoms with Crippen molar-refractivity contribution in [2.24, 2.45) is 0 Å². The Labute approximate surface area is 58.4 Å². The second-order valence-corrected chi connectivity index (χ2v) is 1.99. The lowest BCUT2D eigenvalue weighted by atomic mass is 10.3. The summed E-state index contributed by atoms with van der Waals surface area (Å²) in [5.74, 6) is 0.817. The summed E-state index contributed by atoms with van der Waals surface area (Å²) in [6.07, 6.45) is 5.45. The molecule has 0 bridgehead atoms. The van der Waals surface area contributed by atoms with E-state index in [2.05, 4.69) is 10.2 Å². The van der Waals surface area contributed by atoms with Crippen LogP contribution in [0.3, 0.4) is 0 Å². The van der Waals surface area contributed by atoms with E-state index in [4.69, 9.17) is 4.74 Å². The molecule has 0 atom stereocenters. The van der Waals surface area contributed by atoms with Crippen molar-refractivity contribution in [3.05, 3.63) is 24.0 Å². The number of ether oxygens (including phenoxy) is 1. The Bertz CT molecular complexity index is 270. The molecule has 2 heterocycles. The van der Waals surface area contributed by atoms with Crippen molar-refractivity contribution in [3.63, 3.8) is 0 Å². The summed E-state index contributed by atoms with van der Waals surface area (Å²) in [7, 11) is 0. The van der Waals surface area contributed by atoms with Crippen molar-refractivity contribution in [2.75, 3.05) is 6.61 Å². The lowest BCUT2D eigenvalue weighted by Gasteiger charge is -2.08. The van der Waals surface area contributed by atoms with E-state index in [0.29, 0.717) is 6.61 Å². The molecule has 0 aromatic carbocycles. The first-order valence-electron chi connectivity index (χ1n) is 3.08. The van der Waals surface area contributed by atoms with E-state index < -0.39 is 0 Å². The minimum Gasteiger partial charge on any atom is -0.487 e. The molecule has 0 unspecified atom stereocenters. The van der Waals surface area contributed by atoms with Gasteiger partial charge in [0.1, 0.15) is 18.1 Å². The molecule has 50 valence electrons. The number of nitrogens with zero attached hydrogens (tertiary/aromatic N) is 2. The Morgan fingerprint density at radius 3 is 3.40 bits per heavy atom. The molecule has 0 radical (unpaired) electrons. The molecular formula is C7H6N2O. The molecular weight excluding hydrogens is 128 g/mol. The molecule has 0 fully saturated rings. The van der Waals surface area contributed by atoms with Crippen molar-refractivity contribution in [1.29, 1.82) is 0 Å². The zero-order valence-electron chi connectivity index (χ0n) is 5.32. The van der Waals surface area contributed by atoms with Crippen molar-refractivity contribution in [3.8, 4) is 5.75 Å². The Hall–Kier alpha value is -1.38. The van der Waals surface area contributed by atoms with Crippen molar-refractivity contribution in [2.45, 2.75) is 0 Å². The molecule has 3 heteroatoms.